The summed E-state index contributed by atoms with van der Waals surface area (Å²) in [5.74, 6) is 0. The van der Waals surface area contributed by atoms with E-state index in [0.29, 0.717) is 16.5 Å². The van der Waals surface area contributed by atoms with Crippen molar-refractivity contribution in [3.8, 4) is 11.3 Å². The summed E-state index contributed by atoms with van der Waals surface area (Å²) in [4.78, 5) is 16.9. The normalized spacial score (nSPS) is 11.8. The predicted molar refractivity (Wildman–Crippen MR) is 104 cm³/mol. The summed E-state index contributed by atoms with van der Waals surface area (Å²) < 4.78 is 29.1. The monoisotopic (exact) mass is 379 g/mol. The zero-order chi connectivity index (χ0) is 19.2. The third kappa shape index (κ3) is 2.76. The molecule has 136 valence electrons. The van der Waals surface area contributed by atoms with E-state index >= 15 is 0 Å². The highest BCUT2D eigenvalue weighted by atomic mass is 32.2. The van der Waals surface area contributed by atoms with Crippen LogP contribution in [0.2, 0.25) is 0 Å². The Hall–Kier alpha value is -3.19. The molecule has 0 saturated carbocycles. The van der Waals surface area contributed by atoms with Gasteiger partial charge in [-0.15, -0.1) is 0 Å². The molecule has 2 heterocycles. The van der Waals surface area contributed by atoms with Crippen LogP contribution >= 0.6 is 0 Å². The van der Waals surface area contributed by atoms with Crippen molar-refractivity contribution in [1.82, 2.24) is 13.5 Å². The summed E-state index contributed by atoms with van der Waals surface area (Å²) in [5, 5.41) is 0.656. The summed E-state index contributed by atoms with van der Waals surface area (Å²) in [6, 6.07) is 13.8. The van der Waals surface area contributed by atoms with Crippen LogP contribution in [-0.2, 0) is 17.1 Å². The van der Waals surface area contributed by atoms with Gasteiger partial charge in [-0.25, -0.2) is 17.4 Å². The maximum Gasteiger partial charge on any atom is 0.276 e. The van der Waals surface area contributed by atoms with Crippen molar-refractivity contribution in [2.24, 2.45) is 7.05 Å². The number of rotatable bonds is 3. The van der Waals surface area contributed by atoms with Gasteiger partial charge in [-0.1, -0.05) is 35.9 Å². The molecule has 4 aromatic rings. The topological polar surface area (TPSA) is 74.0 Å². The lowest BCUT2D eigenvalue weighted by Crippen LogP contribution is -2.19. The molecule has 0 unspecified atom stereocenters. The molecule has 0 aliphatic heterocycles. The number of benzene rings is 2. The van der Waals surface area contributed by atoms with E-state index in [4.69, 9.17) is 0 Å². The van der Waals surface area contributed by atoms with Crippen molar-refractivity contribution in [2.75, 3.05) is 0 Å². The fourth-order valence-corrected chi connectivity index (χ4v) is 4.41. The maximum atomic E-state index is 13.2. The zero-order valence-electron chi connectivity index (χ0n) is 14.8. The van der Waals surface area contributed by atoms with Gasteiger partial charge in [0.25, 0.3) is 15.6 Å². The van der Waals surface area contributed by atoms with Crippen molar-refractivity contribution in [3.63, 3.8) is 0 Å². The Bertz CT molecular complexity index is 1320. The number of hydrogen-bond donors (Lipinski definition) is 0. The Morgan fingerprint density at radius 3 is 2.44 bits per heavy atom. The molecular formula is C20H17N3O3S. The molecule has 7 heteroatoms. The number of aromatic nitrogens is 3. The SMILES string of the molecule is Cc1ccc(S(=O)(=O)n2cc(-c3nccn(C)c3=O)c3ccccc32)cc1. The number of fused-ring (bicyclic) bond motifs is 1. The first-order valence-electron chi connectivity index (χ1n) is 8.34. The van der Waals surface area contributed by atoms with Gasteiger partial charge in [-0.05, 0) is 25.1 Å². The number of para-hydroxylation sites is 1. The molecule has 0 bridgehead atoms. The molecule has 0 fully saturated rings. The molecule has 4 rings (SSSR count). The Kier molecular flexibility index (Phi) is 3.96. The molecule has 0 radical (unpaired) electrons. The van der Waals surface area contributed by atoms with Gasteiger partial charge in [0.1, 0.15) is 5.69 Å². The van der Waals surface area contributed by atoms with Crippen LogP contribution in [0.1, 0.15) is 5.56 Å². The number of nitrogens with zero attached hydrogens (tertiary/aromatic N) is 3. The van der Waals surface area contributed by atoms with Gasteiger partial charge in [0.15, 0.2) is 0 Å². The average Bonchev–Trinajstić information content (AvgIpc) is 3.05. The third-order valence-electron chi connectivity index (χ3n) is 4.53. The van der Waals surface area contributed by atoms with Gasteiger partial charge in [0.05, 0.1) is 10.4 Å². The molecule has 0 atom stereocenters. The predicted octanol–water partition coefficient (Wildman–Crippen LogP) is 2.95. The van der Waals surface area contributed by atoms with Crippen LogP contribution in [0.15, 0.2) is 76.8 Å². The summed E-state index contributed by atoms with van der Waals surface area (Å²) in [7, 11) is -2.18. The molecule has 2 aromatic heterocycles. The lowest BCUT2D eigenvalue weighted by molar-refractivity contribution is 0.589. The van der Waals surface area contributed by atoms with Crippen LogP contribution in [0.25, 0.3) is 22.2 Å². The minimum absolute atomic E-state index is 0.189. The van der Waals surface area contributed by atoms with Crippen LogP contribution < -0.4 is 5.56 Å². The van der Waals surface area contributed by atoms with Crippen LogP contribution in [0.3, 0.4) is 0 Å². The molecule has 0 spiro atoms. The van der Waals surface area contributed by atoms with Gasteiger partial charge >= 0.3 is 0 Å². The van der Waals surface area contributed by atoms with E-state index in [1.807, 2.05) is 13.0 Å². The first-order valence-corrected chi connectivity index (χ1v) is 9.78. The Balaban J connectivity index is 2.02. The molecule has 0 aliphatic rings. The minimum atomic E-state index is -3.81. The van der Waals surface area contributed by atoms with Crippen LogP contribution in [0.5, 0.6) is 0 Å². The summed E-state index contributed by atoms with van der Waals surface area (Å²) in [6.45, 7) is 1.90. The molecule has 0 saturated heterocycles. The second kappa shape index (κ2) is 6.21. The third-order valence-corrected chi connectivity index (χ3v) is 6.22. The largest absolute Gasteiger partial charge is 0.315 e. The molecule has 2 aromatic carbocycles. The van der Waals surface area contributed by atoms with E-state index < -0.39 is 10.0 Å². The lowest BCUT2D eigenvalue weighted by atomic mass is 10.1. The summed E-state index contributed by atoms with van der Waals surface area (Å²) in [6.07, 6.45) is 4.56. The van der Waals surface area contributed by atoms with Crippen molar-refractivity contribution in [3.05, 3.63) is 83.0 Å². The molecule has 0 aliphatic carbocycles. The van der Waals surface area contributed by atoms with Crippen molar-refractivity contribution in [1.29, 1.82) is 0 Å². The highest BCUT2D eigenvalue weighted by molar-refractivity contribution is 7.90. The molecule has 27 heavy (non-hydrogen) atoms. The van der Waals surface area contributed by atoms with Gasteiger partial charge < -0.3 is 4.57 Å². The van der Waals surface area contributed by atoms with Gasteiger partial charge in [0.2, 0.25) is 0 Å². The van der Waals surface area contributed by atoms with E-state index in [-0.39, 0.29) is 16.1 Å². The lowest BCUT2D eigenvalue weighted by Gasteiger charge is -2.07. The van der Waals surface area contributed by atoms with Gasteiger partial charge in [0, 0.05) is 36.6 Å². The van der Waals surface area contributed by atoms with E-state index in [0.717, 1.165) is 5.56 Å². The average molecular weight is 379 g/mol. The van der Waals surface area contributed by atoms with E-state index in [1.165, 1.54) is 20.9 Å². The number of aryl methyl sites for hydroxylation is 2. The highest BCUT2D eigenvalue weighted by Gasteiger charge is 2.23. The molecular weight excluding hydrogens is 362 g/mol. The van der Waals surface area contributed by atoms with E-state index in [1.54, 1.807) is 55.7 Å². The Morgan fingerprint density at radius 1 is 1.00 bits per heavy atom. The minimum Gasteiger partial charge on any atom is -0.315 e. The van der Waals surface area contributed by atoms with E-state index in [9.17, 15) is 13.2 Å². The second-order valence-corrected chi connectivity index (χ2v) is 8.18. The standard InChI is InChI=1S/C20H17N3O3S/c1-14-7-9-15(10-8-14)27(25,26)23-13-17(16-5-3-4-6-18(16)23)19-20(24)22(2)12-11-21-19/h3-13H,1-2H3. The molecule has 6 nitrogen and oxygen atoms in total. The maximum absolute atomic E-state index is 13.2. The summed E-state index contributed by atoms with van der Waals surface area (Å²) in [5.41, 5.74) is 1.90. The highest BCUT2D eigenvalue weighted by Crippen LogP contribution is 2.30. The summed E-state index contributed by atoms with van der Waals surface area (Å²) >= 11 is 0. The Morgan fingerprint density at radius 2 is 1.70 bits per heavy atom. The van der Waals surface area contributed by atoms with Crippen molar-refractivity contribution in [2.45, 2.75) is 11.8 Å². The van der Waals surface area contributed by atoms with E-state index in [2.05, 4.69) is 4.98 Å². The molecule has 0 amide bonds. The van der Waals surface area contributed by atoms with Crippen LogP contribution in [0, 0.1) is 6.92 Å². The number of hydrogen-bond acceptors (Lipinski definition) is 4. The smallest absolute Gasteiger partial charge is 0.276 e. The fourth-order valence-electron chi connectivity index (χ4n) is 3.04. The first-order chi connectivity index (χ1) is 12.9. The van der Waals surface area contributed by atoms with Gasteiger partial charge in [-0.2, -0.15) is 0 Å². The van der Waals surface area contributed by atoms with Crippen molar-refractivity contribution >= 4 is 20.9 Å². The fraction of sp³-hybridized carbons (Fsp3) is 0.100. The first kappa shape index (κ1) is 17.2. The zero-order valence-corrected chi connectivity index (χ0v) is 15.6. The second-order valence-electron chi connectivity index (χ2n) is 6.37. The van der Waals surface area contributed by atoms with Crippen LogP contribution in [-0.4, -0.2) is 21.9 Å². The van der Waals surface area contributed by atoms with Gasteiger partial charge in [-0.3, -0.25) is 4.79 Å². The van der Waals surface area contributed by atoms with Crippen molar-refractivity contribution < 1.29 is 8.42 Å². The Labute approximate surface area is 156 Å². The quantitative estimate of drug-likeness (QED) is 0.549. The van der Waals surface area contributed by atoms with Crippen LogP contribution in [0.4, 0.5) is 0 Å². The molecule has 0 N–H and O–H groups in total.